The molecule has 1 unspecified atom stereocenters. The van der Waals surface area contributed by atoms with Crippen molar-refractivity contribution in [1.29, 1.82) is 0 Å². The van der Waals surface area contributed by atoms with Crippen LogP contribution in [-0.4, -0.2) is 56.3 Å². The van der Waals surface area contributed by atoms with E-state index in [2.05, 4.69) is 0 Å². The molecule has 3 N–H and O–H groups in total. The molecular weight excluding hydrogens is 272 g/mol. The maximum atomic E-state index is 11.4. The molecule has 0 bridgehead atoms. The number of carbonyl (C=O) groups excluding carboxylic acids is 1. The molecule has 1 aliphatic rings. The number of primary sulfonamides is 1. The van der Waals surface area contributed by atoms with E-state index < -0.39 is 31.1 Å². The second-order valence-corrected chi connectivity index (χ2v) is 7.31. The summed E-state index contributed by atoms with van der Waals surface area (Å²) in [6.45, 7) is 0.0633. The molecule has 1 fully saturated rings. The zero-order valence-electron chi connectivity index (χ0n) is 8.94. The Morgan fingerprint density at radius 3 is 2.35 bits per heavy atom. The molecule has 8 nitrogen and oxygen atoms in total. The van der Waals surface area contributed by atoms with Crippen LogP contribution in [0.3, 0.4) is 0 Å². The van der Waals surface area contributed by atoms with Crippen LogP contribution in [0.5, 0.6) is 0 Å². The smallest absolute Gasteiger partial charge is 0.264 e. The van der Waals surface area contributed by atoms with E-state index in [0.717, 1.165) is 0 Å². The van der Waals surface area contributed by atoms with Gasteiger partial charge in [-0.2, -0.15) is 8.42 Å². The summed E-state index contributed by atoms with van der Waals surface area (Å²) in [5.41, 5.74) is 0. The Kier molecular flexibility index (Phi) is 4.12. The number of sulfonamides is 1. The van der Waals surface area contributed by atoms with Gasteiger partial charge in [-0.25, -0.2) is 13.6 Å². The molecule has 0 spiro atoms. The Morgan fingerprint density at radius 1 is 1.35 bits per heavy atom. The van der Waals surface area contributed by atoms with Crippen molar-refractivity contribution in [3.8, 4) is 0 Å². The van der Waals surface area contributed by atoms with Gasteiger partial charge in [0.25, 0.3) is 10.1 Å². The van der Waals surface area contributed by atoms with Crippen molar-refractivity contribution < 1.29 is 26.2 Å². The Balaban J connectivity index is 2.50. The SMILES string of the molecule is NS(=O)(=O)C1CC(=O)N(CCCS(=O)(=O)O)C1. The van der Waals surface area contributed by atoms with Gasteiger partial charge in [-0.15, -0.1) is 0 Å². The van der Waals surface area contributed by atoms with Crippen molar-refractivity contribution in [2.45, 2.75) is 18.1 Å². The topological polar surface area (TPSA) is 135 Å². The summed E-state index contributed by atoms with van der Waals surface area (Å²) in [4.78, 5) is 12.6. The van der Waals surface area contributed by atoms with Gasteiger partial charge in [0, 0.05) is 19.5 Å². The molecule has 0 saturated carbocycles. The van der Waals surface area contributed by atoms with Crippen LogP contribution in [-0.2, 0) is 24.9 Å². The monoisotopic (exact) mass is 286 g/mol. The molecule has 1 saturated heterocycles. The molecule has 0 aromatic carbocycles. The van der Waals surface area contributed by atoms with Crippen molar-refractivity contribution in [2.75, 3.05) is 18.8 Å². The fraction of sp³-hybridized carbons (Fsp3) is 0.857. The van der Waals surface area contributed by atoms with E-state index in [1.807, 2.05) is 0 Å². The van der Waals surface area contributed by atoms with Crippen LogP contribution in [0, 0.1) is 0 Å². The van der Waals surface area contributed by atoms with Gasteiger partial charge in [0.15, 0.2) is 0 Å². The van der Waals surface area contributed by atoms with Crippen LogP contribution >= 0.6 is 0 Å². The molecule has 0 aliphatic carbocycles. The Hall–Kier alpha value is -0.710. The highest BCUT2D eigenvalue weighted by molar-refractivity contribution is 7.89. The highest BCUT2D eigenvalue weighted by Gasteiger charge is 2.36. The first kappa shape index (κ1) is 14.4. The van der Waals surface area contributed by atoms with Gasteiger partial charge in [0.2, 0.25) is 15.9 Å². The van der Waals surface area contributed by atoms with E-state index in [0.29, 0.717) is 0 Å². The van der Waals surface area contributed by atoms with Crippen LogP contribution in [0.1, 0.15) is 12.8 Å². The maximum Gasteiger partial charge on any atom is 0.264 e. The highest BCUT2D eigenvalue weighted by atomic mass is 32.2. The lowest BCUT2D eigenvalue weighted by Gasteiger charge is -2.15. The largest absolute Gasteiger partial charge is 0.341 e. The number of likely N-dealkylation sites (tertiary alicyclic amines) is 1. The average Bonchev–Trinajstić information content (AvgIpc) is 2.45. The normalized spacial score (nSPS) is 22.1. The van der Waals surface area contributed by atoms with Crippen LogP contribution in [0.25, 0.3) is 0 Å². The van der Waals surface area contributed by atoms with Gasteiger partial charge in [-0.1, -0.05) is 0 Å². The molecule has 1 atom stereocenters. The summed E-state index contributed by atoms with van der Waals surface area (Å²) < 4.78 is 51.4. The van der Waals surface area contributed by atoms with Crippen LogP contribution in [0.15, 0.2) is 0 Å². The number of hydrogen-bond donors (Lipinski definition) is 2. The van der Waals surface area contributed by atoms with E-state index in [1.54, 1.807) is 0 Å². The average molecular weight is 286 g/mol. The van der Waals surface area contributed by atoms with Gasteiger partial charge < -0.3 is 4.90 Å². The molecule has 100 valence electrons. The van der Waals surface area contributed by atoms with Crippen molar-refractivity contribution in [2.24, 2.45) is 5.14 Å². The standard InChI is InChI=1S/C7H14N2O6S2/c8-17(14,15)6-4-7(10)9(5-6)2-1-3-16(11,12)13/h6H,1-5H2,(H2,8,14,15)(H,11,12,13). The minimum absolute atomic E-state index is 0.0247. The van der Waals surface area contributed by atoms with Crippen LogP contribution in [0.2, 0.25) is 0 Å². The molecule has 1 rings (SSSR count). The fourth-order valence-electron chi connectivity index (χ4n) is 1.61. The Labute approximate surface area is 99.6 Å². The molecule has 0 aromatic rings. The molecule has 17 heavy (non-hydrogen) atoms. The molecule has 1 aliphatic heterocycles. The van der Waals surface area contributed by atoms with E-state index in [-0.39, 0.29) is 31.8 Å². The summed E-state index contributed by atoms with van der Waals surface area (Å²) in [6, 6.07) is 0. The second-order valence-electron chi connectivity index (χ2n) is 3.89. The minimum Gasteiger partial charge on any atom is -0.341 e. The summed E-state index contributed by atoms with van der Waals surface area (Å²) in [6.07, 6.45) is -0.118. The molecule has 0 radical (unpaired) electrons. The van der Waals surface area contributed by atoms with Crippen molar-refractivity contribution in [3.05, 3.63) is 0 Å². The first-order chi connectivity index (χ1) is 7.59. The van der Waals surface area contributed by atoms with Gasteiger partial charge in [0.05, 0.1) is 5.75 Å². The summed E-state index contributed by atoms with van der Waals surface area (Å²) in [5.74, 6) is -0.837. The van der Waals surface area contributed by atoms with E-state index in [9.17, 15) is 21.6 Å². The number of carbonyl (C=O) groups is 1. The number of hydrogen-bond acceptors (Lipinski definition) is 5. The van der Waals surface area contributed by atoms with Gasteiger partial charge >= 0.3 is 0 Å². The Morgan fingerprint density at radius 2 is 1.94 bits per heavy atom. The molecule has 1 amide bonds. The van der Waals surface area contributed by atoms with Crippen molar-refractivity contribution >= 4 is 26.0 Å². The zero-order chi connectivity index (χ0) is 13.3. The lowest BCUT2D eigenvalue weighted by atomic mass is 10.4. The minimum atomic E-state index is -4.06. The molecule has 0 aromatic heterocycles. The lowest BCUT2D eigenvalue weighted by Crippen LogP contribution is -2.33. The number of amides is 1. The third kappa shape index (κ3) is 4.58. The molecule has 10 heteroatoms. The lowest BCUT2D eigenvalue weighted by molar-refractivity contribution is -0.127. The van der Waals surface area contributed by atoms with Gasteiger partial charge in [-0.3, -0.25) is 9.35 Å². The quantitative estimate of drug-likeness (QED) is 0.570. The van der Waals surface area contributed by atoms with Crippen LogP contribution < -0.4 is 5.14 Å². The van der Waals surface area contributed by atoms with E-state index in [1.165, 1.54) is 4.90 Å². The first-order valence-corrected chi connectivity index (χ1v) is 8.06. The van der Waals surface area contributed by atoms with E-state index in [4.69, 9.17) is 9.69 Å². The third-order valence-electron chi connectivity index (χ3n) is 2.47. The summed E-state index contributed by atoms with van der Waals surface area (Å²) in [5, 5.41) is 3.99. The number of rotatable bonds is 5. The van der Waals surface area contributed by atoms with Gasteiger partial charge in [-0.05, 0) is 6.42 Å². The summed E-state index contributed by atoms with van der Waals surface area (Å²) in [7, 11) is -7.81. The third-order valence-corrected chi connectivity index (χ3v) is 4.52. The van der Waals surface area contributed by atoms with Crippen molar-refractivity contribution in [1.82, 2.24) is 4.90 Å². The van der Waals surface area contributed by atoms with E-state index >= 15 is 0 Å². The first-order valence-electron chi connectivity index (χ1n) is 4.84. The summed E-state index contributed by atoms with van der Waals surface area (Å²) >= 11 is 0. The molecular formula is C7H14N2O6S2. The zero-order valence-corrected chi connectivity index (χ0v) is 10.6. The Bertz CT molecular complexity index is 496. The number of nitrogens with zero attached hydrogens (tertiary/aromatic N) is 1. The second kappa shape index (κ2) is 4.88. The predicted molar refractivity (Wildman–Crippen MR) is 59.1 cm³/mol. The van der Waals surface area contributed by atoms with Crippen LogP contribution in [0.4, 0.5) is 0 Å². The van der Waals surface area contributed by atoms with Gasteiger partial charge in [0.1, 0.15) is 5.25 Å². The maximum absolute atomic E-state index is 11.4. The fourth-order valence-corrected chi connectivity index (χ4v) is 2.87. The molecule has 1 heterocycles. The highest BCUT2D eigenvalue weighted by Crippen LogP contribution is 2.16. The predicted octanol–water partition coefficient (Wildman–Crippen LogP) is -1.85. The van der Waals surface area contributed by atoms with Crippen molar-refractivity contribution in [3.63, 3.8) is 0 Å². The number of nitrogens with two attached hydrogens (primary N) is 1.